The average molecular weight is 338 g/mol. The molecule has 4 nitrogen and oxygen atoms in total. The first kappa shape index (κ1) is 21.6. The highest BCUT2D eigenvalue weighted by molar-refractivity contribution is 7.45. The van der Waals surface area contributed by atoms with Crippen molar-refractivity contribution in [2.45, 2.75) is 39.5 Å². The van der Waals surface area contributed by atoms with Gasteiger partial charge < -0.3 is 14.7 Å². The van der Waals surface area contributed by atoms with Crippen molar-refractivity contribution in [3.8, 4) is 0 Å². The molecule has 0 aliphatic heterocycles. The molecule has 0 radical (unpaired) electrons. The van der Waals surface area contributed by atoms with E-state index in [9.17, 15) is 0 Å². The third-order valence-electron chi connectivity index (χ3n) is 2.93. The van der Waals surface area contributed by atoms with Gasteiger partial charge in [-0.2, -0.15) is 0 Å². The molecule has 0 heterocycles. The molecule has 0 aliphatic rings. The maximum Gasteiger partial charge on any atom is 0.466 e. The van der Waals surface area contributed by atoms with Gasteiger partial charge in [0.05, 0.1) is 0 Å². The minimum atomic E-state index is -4.64. The van der Waals surface area contributed by atoms with Crippen molar-refractivity contribution in [3.63, 3.8) is 0 Å². The summed E-state index contributed by atoms with van der Waals surface area (Å²) in [6.45, 7) is 8.81. The summed E-state index contributed by atoms with van der Waals surface area (Å²) >= 11 is 0. The number of rotatable bonds is 2. The minimum Gasteiger partial charge on any atom is -0.303 e. The van der Waals surface area contributed by atoms with Crippen molar-refractivity contribution >= 4 is 7.82 Å². The second-order valence-corrected chi connectivity index (χ2v) is 6.67. The van der Waals surface area contributed by atoms with E-state index in [0.29, 0.717) is 11.8 Å². The molecule has 0 spiro atoms. The molecule has 0 fully saturated rings. The van der Waals surface area contributed by atoms with Crippen LogP contribution in [0, 0.1) is 0 Å². The maximum absolute atomic E-state index is 8.88. The number of benzene rings is 2. The molecule has 0 aliphatic carbocycles. The lowest BCUT2D eigenvalue weighted by Crippen LogP contribution is -1.83. The Morgan fingerprint density at radius 1 is 0.652 bits per heavy atom. The second-order valence-electron chi connectivity index (χ2n) is 5.64. The molecule has 0 aromatic heterocycles. The zero-order valence-corrected chi connectivity index (χ0v) is 15.0. The first-order chi connectivity index (χ1) is 10.6. The van der Waals surface area contributed by atoms with Crippen molar-refractivity contribution in [1.82, 2.24) is 0 Å². The van der Waals surface area contributed by atoms with Crippen LogP contribution < -0.4 is 0 Å². The zero-order valence-electron chi connectivity index (χ0n) is 14.1. The smallest absolute Gasteiger partial charge is 0.303 e. The van der Waals surface area contributed by atoms with Gasteiger partial charge in [0.1, 0.15) is 0 Å². The molecule has 0 bridgehead atoms. The monoisotopic (exact) mass is 338 g/mol. The van der Waals surface area contributed by atoms with Crippen molar-refractivity contribution in [2.24, 2.45) is 0 Å². The summed E-state index contributed by atoms with van der Waals surface area (Å²) in [5.41, 5.74) is 2.83. The lowest BCUT2D eigenvalue weighted by atomic mass is 10.0. The Morgan fingerprint density at radius 2 is 0.870 bits per heavy atom. The summed E-state index contributed by atoms with van der Waals surface area (Å²) in [7, 11) is -4.64. The van der Waals surface area contributed by atoms with E-state index in [4.69, 9.17) is 19.2 Å². The van der Waals surface area contributed by atoms with E-state index in [2.05, 4.69) is 76.2 Å². The number of hydrogen-bond donors (Lipinski definition) is 3. The largest absolute Gasteiger partial charge is 0.466 e. The highest BCUT2D eigenvalue weighted by Gasteiger charge is 2.00. The second kappa shape index (κ2) is 11.1. The SMILES string of the molecule is CC(C)c1ccccc1.CC(C)c1ccccc1.O=P(O)(O)O. The van der Waals surface area contributed by atoms with Crippen LogP contribution in [0.25, 0.3) is 0 Å². The fraction of sp³-hybridized carbons (Fsp3) is 0.333. The molecule has 128 valence electrons. The molecule has 0 saturated carbocycles. The summed E-state index contributed by atoms with van der Waals surface area (Å²) in [4.78, 5) is 21.6. The first-order valence-electron chi connectivity index (χ1n) is 7.49. The van der Waals surface area contributed by atoms with Crippen LogP contribution in [0.4, 0.5) is 0 Å². The van der Waals surface area contributed by atoms with E-state index in [-0.39, 0.29) is 0 Å². The predicted octanol–water partition coefficient (Wildman–Crippen LogP) is 4.69. The number of phosphoric acid groups is 1. The van der Waals surface area contributed by atoms with E-state index >= 15 is 0 Å². The summed E-state index contributed by atoms with van der Waals surface area (Å²) in [6, 6.07) is 21.0. The van der Waals surface area contributed by atoms with Crippen molar-refractivity contribution in [1.29, 1.82) is 0 Å². The van der Waals surface area contributed by atoms with Crippen LogP contribution in [0.15, 0.2) is 60.7 Å². The third kappa shape index (κ3) is 13.9. The molecule has 2 aromatic carbocycles. The van der Waals surface area contributed by atoms with Gasteiger partial charge in [-0.15, -0.1) is 0 Å². The first-order valence-corrected chi connectivity index (χ1v) is 9.06. The topological polar surface area (TPSA) is 77.8 Å². The lowest BCUT2D eigenvalue weighted by molar-refractivity contribution is 0.275. The van der Waals surface area contributed by atoms with Crippen molar-refractivity contribution in [3.05, 3.63) is 71.8 Å². The molecular weight excluding hydrogens is 311 g/mol. The molecule has 0 amide bonds. The molecular formula is C18H27O4P. The Balaban J connectivity index is 0.000000332. The number of hydrogen-bond acceptors (Lipinski definition) is 1. The maximum atomic E-state index is 8.88. The summed E-state index contributed by atoms with van der Waals surface area (Å²) in [5, 5.41) is 0. The Labute approximate surface area is 139 Å². The van der Waals surface area contributed by atoms with Gasteiger partial charge in [0, 0.05) is 0 Å². The highest BCUT2D eigenvalue weighted by Crippen LogP contribution is 2.25. The van der Waals surface area contributed by atoms with Crippen LogP contribution in [0.5, 0.6) is 0 Å². The molecule has 23 heavy (non-hydrogen) atoms. The van der Waals surface area contributed by atoms with Crippen LogP contribution in [0.3, 0.4) is 0 Å². The fourth-order valence-corrected chi connectivity index (χ4v) is 1.68. The van der Waals surface area contributed by atoms with E-state index < -0.39 is 7.82 Å². The van der Waals surface area contributed by atoms with Gasteiger partial charge in [-0.1, -0.05) is 88.4 Å². The Morgan fingerprint density at radius 3 is 1.00 bits per heavy atom. The predicted molar refractivity (Wildman–Crippen MR) is 95.3 cm³/mol. The van der Waals surface area contributed by atoms with Crippen molar-refractivity contribution in [2.75, 3.05) is 0 Å². The van der Waals surface area contributed by atoms with Crippen LogP contribution in [-0.4, -0.2) is 14.7 Å². The lowest BCUT2D eigenvalue weighted by Gasteiger charge is -2.01. The molecule has 3 N–H and O–H groups in total. The zero-order chi connectivity index (χ0) is 17.9. The van der Waals surface area contributed by atoms with Crippen LogP contribution in [0.2, 0.25) is 0 Å². The van der Waals surface area contributed by atoms with Crippen LogP contribution >= 0.6 is 7.82 Å². The quantitative estimate of drug-likeness (QED) is 0.694. The standard InChI is InChI=1S/2C9H12.H3O4P/c2*1-8(2)9-6-4-3-5-7-9;1-5(2,3)4/h2*3-8H,1-2H3;(H3,1,2,3,4). The van der Waals surface area contributed by atoms with Gasteiger partial charge in [0.15, 0.2) is 0 Å². The van der Waals surface area contributed by atoms with Crippen molar-refractivity contribution < 1.29 is 19.2 Å². The van der Waals surface area contributed by atoms with E-state index in [1.807, 2.05) is 12.1 Å². The van der Waals surface area contributed by atoms with Gasteiger partial charge in [-0.05, 0) is 23.0 Å². The van der Waals surface area contributed by atoms with Gasteiger partial charge in [-0.25, -0.2) is 4.57 Å². The Kier molecular flexibility index (Phi) is 10.4. The van der Waals surface area contributed by atoms with Gasteiger partial charge in [0.2, 0.25) is 0 Å². The summed E-state index contributed by atoms with van der Waals surface area (Å²) < 4.78 is 8.88. The molecule has 5 heteroatoms. The molecule has 0 saturated heterocycles. The normalized spacial score (nSPS) is 10.5. The van der Waals surface area contributed by atoms with Gasteiger partial charge in [0.25, 0.3) is 0 Å². The van der Waals surface area contributed by atoms with Gasteiger partial charge in [-0.3, -0.25) is 0 Å². The molecule has 0 unspecified atom stereocenters. The Hall–Kier alpha value is -1.45. The molecule has 0 atom stereocenters. The van der Waals surface area contributed by atoms with Gasteiger partial charge >= 0.3 is 7.82 Å². The van der Waals surface area contributed by atoms with Crippen LogP contribution in [-0.2, 0) is 4.57 Å². The van der Waals surface area contributed by atoms with E-state index in [0.717, 1.165) is 0 Å². The molecule has 2 aromatic rings. The average Bonchev–Trinajstić information content (AvgIpc) is 2.48. The summed E-state index contributed by atoms with van der Waals surface area (Å²) in [6.07, 6.45) is 0. The molecule has 2 rings (SSSR count). The summed E-state index contributed by atoms with van der Waals surface area (Å²) in [5.74, 6) is 1.32. The fourth-order valence-electron chi connectivity index (χ4n) is 1.68. The van der Waals surface area contributed by atoms with Crippen LogP contribution in [0.1, 0.15) is 50.7 Å². The van der Waals surface area contributed by atoms with E-state index in [1.54, 1.807) is 0 Å². The third-order valence-corrected chi connectivity index (χ3v) is 2.93. The van der Waals surface area contributed by atoms with E-state index in [1.165, 1.54) is 11.1 Å². The highest BCUT2D eigenvalue weighted by atomic mass is 31.2. The Bertz CT molecular complexity index is 510. The minimum absolute atomic E-state index is 0.659.